The maximum Gasteiger partial charge on any atom is 0.333 e. The van der Waals surface area contributed by atoms with Gasteiger partial charge in [-0.15, -0.1) is 11.3 Å². The van der Waals surface area contributed by atoms with E-state index in [0.29, 0.717) is 38.7 Å². The molecule has 2 saturated carbocycles. The molecule has 3 aromatic heterocycles. The molecule has 0 amide bonds. The third-order valence-corrected chi connectivity index (χ3v) is 10.6. The van der Waals surface area contributed by atoms with Crippen molar-refractivity contribution in [2.75, 3.05) is 7.11 Å². The van der Waals surface area contributed by atoms with E-state index in [4.69, 9.17) is 13.9 Å². The number of carbonyl (C=O) groups is 1. The van der Waals surface area contributed by atoms with Gasteiger partial charge < -0.3 is 24.1 Å². The highest BCUT2D eigenvalue weighted by molar-refractivity contribution is 7.22. The normalized spacial score (nSPS) is 24.1. The average molecular weight is 624 g/mol. The third kappa shape index (κ3) is 5.08. The van der Waals surface area contributed by atoms with Gasteiger partial charge in [0.05, 0.1) is 41.8 Å². The fraction of sp³-hybridized carbons (Fsp3) is 0.500. The lowest BCUT2D eigenvalue weighted by Crippen LogP contribution is -2.52. The van der Waals surface area contributed by atoms with E-state index in [1.165, 1.54) is 42.2 Å². The van der Waals surface area contributed by atoms with Crippen LogP contribution in [0.15, 0.2) is 50.7 Å². The summed E-state index contributed by atoms with van der Waals surface area (Å²) in [5.41, 5.74) is -2.66. The van der Waals surface area contributed by atoms with E-state index in [0.717, 1.165) is 35.8 Å². The number of nitrogens with zero attached hydrogens (tertiary/aromatic N) is 3. The minimum absolute atomic E-state index is 0.000209. The predicted octanol–water partition coefficient (Wildman–Crippen LogP) is 4.71. The van der Waals surface area contributed by atoms with Crippen molar-refractivity contribution in [1.82, 2.24) is 14.1 Å². The number of carboxylic acid groups (broad SMARTS) is 1. The summed E-state index contributed by atoms with van der Waals surface area (Å²) < 4.78 is 20.3. The number of aliphatic hydroxyl groups is 1. The van der Waals surface area contributed by atoms with Crippen LogP contribution in [-0.4, -0.2) is 49.1 Å². The molecule has 2 unspecified atom stereocenters. The topological polar surface area (TPSA) is 146 Å². The molecule has 4 aromatic rings. The fourth-order valence-electron chi connectivity index (χ4n) is 7.16. The molecule has 2 aliphatic rings. The molecule has 0 spiro atoms. The summed E-state index contributed by atoms with van der Waals surface area (Å²) in [5.74, 6) is 0.282. The summed E-state index contributed by atoms with van der Waals surface area (Å²) >= 11 is 1.20. The first-order valence-electron chi connectivity index (χ1n) is 14.8. The number of para-hydroxylation sites is 1. The molecular formula is C32H37N3O8S. The Kier molecular flexibility index (Phi) is 7.58. The zero-order valence-electron chi connectivity index (χ0n) is 25.4. The molecule has 44 heavy (non-hydrogen) atoms. The number of benzene rings is 1. The van der Waals surface area contributed by atoms with Crippen LogP contribution in [0.5, 0.6) is 5.75 Å². The lowest BCUT2D eigenvalue weighted by molar-refractivity contribution is -0.146. The minimum Gasteiger partial charge on any atom is -0.496 e. The van der Waals surface area contributed by atoms with E-state index in [1.807, 2.05) is 31.2 Å². The molecule has 5 atom stereocenters. The zero-order valence-corrected chi connectivity index (χ0v) is 26.2. The van der Waals surface area contributed by atoms with Gasteiger partial charge in [0.2, 0.25) is 5.89 Å². The van der Waals surface area contributed by atoms with Gasteiger partial charge >= 0.3 is 11.7 Å². The molecule has 2 aliphatic carbocycles. The van der Waals surface area contributed by atoms with Crippen molar-refractivity contribution in [2.45, 2.75) is 83.3 Å². The molecule has 2 fully saturated rings. The standard InChI is InChI=1S/C32H37N3O8S/c1-17-24-27(36)35(31(2,3)29(37)38)30(39)34(28(24)44-25(17)26-33-10-11-42-26)16-23(21-8-6-7-9-22(21)41-5)43-20-12-18-14-32(4,40)15-19(18)13-20/h6-11,18-20,23,40H,12-16H2,1-5H3,(H,37,38)/t18-,19+,20-,23?,32?. The second kappa shape index (κ2) is 11.0. The van der Waals surface area contributed by atoms with Crippen molar-refractivity contribution in [1.29, 1.82) is 0 Å². The largest absolute Gasteiger partial charge is 0.496 e. The van der Waals surface area contributed by atoms with Crippen molar-refractivity contribution >= 4 is 27.5 Å². The summed E-state index contributed by atoms with van der Waals surface area (Å²) in [6, 6.07) is 7.45. The maximum absolute atomic E-state index is 14.3. The Morgan fingerprint density at radius 2 is 1.91 bits per heavy atom. The molecule has 12 heteroatoms. The number of oxazole rings is 1. The summed E-state index contributed by atoms with van der Waals surface area (Å²) in [6.07, 6.45) is 5.18. The number of rotatable bonds is 9. The van der Waals surface area contributed by atoms with Crippen molar-refractivity contribution in [3.05, 3.63) is 68.7 Å². The van der Waals surface area contributed by atoms with E-state index >= 15 is 0 Å². The molecule has 0 bridgehead atoms. The van der Waals surface area contributed by atoms with Crippen molar-refractivity contribution < 1.29 is 28.9 Å². The van der Waals surface area contributed by atoms with Gasteiger partial charge in [-0.2, -0.15) is 0 Å². The summed E-state index contributed by atoms with van der Waals surface area (Å²) in [6.45, 7) is 6.31. The fourth-order valence-corrected chi connectivity index (χ4v) is 8.40. The van der Waals surface area contributed by atoms with Gasteiger partial charge in [0.15, 0.2) is 0 Å². The van der Waals surface area contributed by atoms with Crippen molar-refractivity contribution in [3.63, 3.8) is 0 Å². The van der Waals surface area contributed by atoms with Crippen LogP contribution in [0.1, 0.15) is 63.7 Å². The van der Waals surface area contributed by atoms with E-state index in [-0.39, 0.29) is 18.0 Å². The number of fused-ring (bicyclic) bond motifs is 2. The smallest absolute Gasteiger partial charge is 0.333 e. The Morgan fingerprint density at radius 1 is 1.23 bits per heavy atom. The molecule has 1 aromatic carbocycles. The molecule has 6 rings (SSSR count). The molecule has 0 aliphatic heterocycles. The highest BCUT2D eigenvalue weighted by Gasteiger charge is 2.47. The lowest BCUT2D eigenvalue weighted by atomic mass is 10.00. The Labute approximate surface area is 257 Å². The minimum atomic E-state index is -1.83. The maximum atomic E-state index is 14.3. The third-order valence-electron chi connectivity index (χ3n) is 9.31. The summed E-state index contributed by atoms with van der Waals surface area (Å²) in [5, 5.41) is 20.9. The van der Waals surface area contributed by atoms with Crippen LogP contribution in [0.3, 0.4) is 0 Å². The van der Waals surface area contributed by atoms with Gasteiger partial charge in [-0.1, -0.05) is 18.2 Å². The Morgan fingerprint density at radius 3 is 2.52 bits per heavy atom. The molecule has 0 radical (unpaired) electrons. The molecular weight excluding hydrogens is 586 g/mol. The van der Waals surface area contributed by atoms with E-state index in [9.17, 15) is 24.6 Å². The monoisotopic (exact) mass is 623 g/mol. The van der Waals surface area contributed by atoms with Crippen LogP contribution in [-0.2, 0) is 21.6 Å². The predicted molar refractivity (Wildman–Crippen MR) is 164 cm³/mol. The number of hydrogen-bond acceptors (Lipinski definition) is 9. The van der Waals surface area contributed by atoms with Gasteiger partial charge in [0.1, 0.15) is 28.5 Å². The van der Waals surface area contributed by atoms with Gasteiger partial charge in [-0.05, 0) is 76.8 Å². The van der Waals surface area contributed by atoms with Crippen LogP contribution in [0.2, 0.25) is 0 Å². The number of ether oxygens (including phenoxy) is 2. The van der Waals surface area contributed by atoms with Crippen LogP contribution < -0.4 is 16.0 Å². The zero-order chi connectivity index (χ0) is 31.6. The van der Waals surface area contributed by atoms with Crippen LogP contribution in [0.4, 0.5) is 0 Å². The first-order chi connectivity index (χ1) is 20.8. The molecule has 11 nitrogen and oxygen atoms in total. The number of aliphatic carboxylic acids is 1. The Hall–Kier alpha value is -3.74. The first-order valence-corrected chi connectivity index (χ1v) is 15.6. The van der Waals surface area contributed by atoms with Crippen LogP contribution in [0.25, 0.3) is 21.0 Å². The lowest BCUT2D eigenvalue weighted by Gasteiger charge is -2.28. The summed E-state index contributed by atoms with van der Waals surface area (Å²) in [7, 11) is 1.57. The van der Waals surface area contributed by atoms with Crippen LogP contribution in [0, 0.1) is 18.8 Å². The first kappa shape index (κ1) is 30.3. The molecule has 3 heterocycles. The Bertz CT molecular complexity index is 1820. The van der Waals surface area contributed by atoms with Crippen molar-refractivity contribution in [3.8, 4) is 16.5 Å². The average Bonchev–Trinajstić information content (AvgIpc) is 3.73. The second-order valence-electron chi connectivity index (χ2n) is 12.9. The highest BCUT2D eigenvalue weighted by Crippen LogP contribution is 2.50. The van der Waals surface area contributed by atoms with Crippen LogP contribution >= 0.6 is 11.3 Å². The molecule has 0 saturated heterocycles. The number of methoxy groups -OCH3 is 1. The number of hydrogen-bond donors (Lipinski definition) is 2. The van der Waals surface area contributed by atoms with Gasteiger partial charge in [0, 0.05) is 5.56 Å². The number of carboxylic acids is 1. The number of thiophene rings is 1. The quantitative estimate of drug-likeness (QED) is 0.271. The van der Waals surface area contributed by atoms with E-state index < -0.39 is 34.5 Å². The molecule has 2 N–H and O–H groups in total. The summed E-state index contributed by atoms with van der Waals surface area (Å²) in [4.78, 5) is 45.8. The van der Waals surface area contributed by atoms with Gasteiger partial charge in [-0.25, -0.2) is 19.1 Å². The number of aromatic nitrogens is 3. The van der Waals surface area contributed by atoms with Crippen molar-refractivity contribution in [2.24, 2.45) is 11.8 Å². The van der Waals surface area contributed by atoms with E-state index in [1.54, 1.807) is 14.0 Å². The Balaban J connectivity index is 1.51. The van der Waals surface area contributed by atoms with E-state index in [2.05, 4.69) is 4.98 Å². The SMILES string of the molecule is COc1ccccc1C(Cn1c(=O)n(C(C)(C)C(=O)O)c(=O)c2c(C)c(-c3ncco3)sc21)O[C@@H]1C[C@@H]2CC(C)(O)C[C@@H]2C1. The number of aryl methyl sites for hydroxylation is 1. The highest BCUT2D eigenvalue weighted by atomic mass is 32.1. The second-order valence-corrected chi connectivity index (χ2v) is 13.9. The van der Waals surface area contributed by atoms with Gasteiger partial charge in [0.25, 0.3) is 5.56 Å². The molecule has 234 valence electrons. The van der Waals surface area contributed by atoms with Gasteiger partial charge in [-0.3, -0.25) is 9.36 Å².